The molecular formula is C21H20N4O2. The van der Waals surface area contributed by atoms with Crippen molar-refractivity contribution in [2.45, 2.75) is 12.8 Å². The van der Waals surface area contributed by atoms with Gasteiger partial charge in [0.1, 0.15) is 5.75 Å². The molecule has 0 radical (unpaired) electrons. The summed E-state index contributed by atoms with van der Waals surface area (Å²) in [5.74, 6) is 1.14. The van der Waals surface area contributed by atoms with Crippen LogP contribution in [-0.2, 0) is 6.42 Å². The van der Waals surface area contributed by atoms with Crippen molar-refractivity contribution in [1.82, 2.24) is 10.2 Å². The maximum absolute atomic E-state index is 12.9. The molecule has 1 aliphatic rings. The van der Waals surface area contributed by atoms with Crippen LogP contribution >= 0.6 is 0 Å². The van der Waals surface area contributed by atoms with E-state index in [-0.39, 0.29) is 5.91 Å². The second-order valence-corrected chi connectivity index (χ2v) is 6.32. The molecule has 1 aromatic heterocycles. The van der Waals surface area contributed by atoms with Gasteiger partial charge < -0.3 is 15.0 Å². The van der Waals surface area contributed by atoms with E-state index in [9.17, 15) is 4.79 Å². The van der Waals surface area contributed by atoms with Crippen molar-refractivity contribution in [2.75, 3.05) is 23.9 Å². The van der Waals surface area contributed by atoms with E-state index in [1.807, 2.05) is 42.5 Å². The Kier molecular flexibility index (Phi) is 4.70. The van der Waals surface area contributed by atoms with E-state index in [4.69, 9.17) is 4.74 Å². The predicted octanol–water partition coefficient (Wildman–Crippen LogP) is 3.82. The van der Waals surface area contributed by atoms with Crippen LogP contribution < -0.4 is 15.0 Å². The standard InChI is InChI=1S/C21H20N4O2/c1-27-19-11-5-3-9-16(19)22-20-13-12-17(23-24-20)21(26)25-14-6-8-15-7-2-4-10-18(15)25/h2-5,7,9-13H,6,8,14H2,1H3,(H,22,24). The highest BCUT2D eigenvalue weighted by atomic mass is 16.5. The van der Waals surface area contributed by atoms with E-state index in [2.05, 4.69) is 21.6 Å². The van der Waals surface area contributed by atoms with Gasteiger partial charge in [-0.1, -0.05) is 30.3 Å². The zero-order valence-electron chi connectivity index (χ0n) is 15.1. The molecule has 0 saturated carbocycles. The highest BCUT2D eigenvalue weighted by molar-refractivity contribution is 6.05. The zero-order chi connectivity index (χ0) is 18.6. The van der Waals surface area contributed by atoms with Crippen molar-refractivity contribution in [3.05, 3.63) is 71.9 Å². The number of aryl methyl sites for hydroxylation is 1. The number of fused-ring (bicyclic) bond motifs is 1. The number of aromatic nitrogens is 2. The molecule has 6 nitrogen and oxygen atoms in total. The first-order valence-corrected chi connectivity index (χ1v) is 8.90. The lowest BCUT2D eigenvalue weighted by molar-refractivity contribution is 0.0979. The summed E-state index contributed by atoms with van der Waals surface area (Å²) in [7, 11) is 1.62. The molecule has 3 aromatic rings. The van der Waals surface area contributed by atoms with E-state index in [1.54, 1.807) is 24.1 Å². The van der Waals surface area contributed by atoms with Crippen molar-refractivity contribution >= 4 is 23.1 Å². The van der Waals surface area contributed by atoms with E-state index in [0.717, 1.165) is 24.2 Å². The van der Waals surface area contributed by atoms with Crippen molar-refractivity contribution in [2.24, 2.45) is 0 Å². The zero-order valence-corrected chi connectivity index (χ0v) is 15.1. The molecule has 0 spiro atoms. The highest BCUT2D eigenvalue weighted by Gasteiger charge is 2.24. The summed E-state index contributed by atoms with van der Waals surface area (Å²) in [6.07, 6.45) is 1.94. The summed E-state index contributed by atoms with van der Waals surface area (Å²) in [6, 6.07) is 19.0. The second kappa shape index (κ2) is 7.45. The number of carbonyl (C=O) groups is 1. The molecule has 6 heteroatoms. The number of amides is 1. The van der Waals surface area contributed by atoms with Gasteiger partial charge in [0, 0.05) is 12.2 Å². The van der Waals surface area contributed by atoms with Crippen LogP contribution in [0.5, 0.6) is 5.75 Å². The third kappa shape index (κ3) is 3.46. The molecule has 1 aliphatic heterocycles. The first-order valence-electron chi connectivity index (χ1n) is 8.90. The maximum Gasteiger partial charge on any atom is 0.278 e. The summed E-state index contributed by atoms with van der Waals surface area (Å²) in [5, 5.41) is 11.5. The fourth-order valence-corrected chi connectivity index (χ4v) is 3.28. The lowest BCUT2D eigenvalue weighted by Gasteiger charge is -2.29. The van der Waals surface area contributed by atoms with Crippen LogP contribution in [0.3, 0.4) is 0 Å². The molecule has 4 rings (SSSR count). The lowest BCUT2D eigenvalue weighted by atomic mass is 10.0. The van der Waals surface area contributed by atoms with Crippen molar-refractivity contribution < 1.29 is 9.53 Å². The second-order valence-electron chi connectivity index (χ2n) is 6.32. The Labute approximate surface area is 157 Å². The molecular weight excluding hydrogens is 340 g/mol. The van der Waals surface area contributed by atoms with Crippen LogP contribution in [0.25, 0.3) is 0 Å². The van der Waals surface area contributed by atoms with Crippen molar-refractivity contribution in [3.63, 3.8) is 0 Å². The number of nitrogens with zero attached hydrogens (tertiary/aromatic N) is 3. The third-order valence-corrected chi connectivity index (χ3v) is 4.61. The molecule has 1 amide bonds. The van der Waals surface area contributed by atoms with Gasteiger partial charge in [-0.25, -0.2) is 0 Å². The fraction of sp³-hybridized carbons (Fsp3) is 0.190. The van der Waals surface area contributed by atoms with Gasteiger partial charge >= 0.3 is 0 Å². The lowest BCUT2D eigenvalue weighted by Crippen LogP contribution is -2.36. The quantitative estimate of drug-likeness (QED) is 0.766. The van der Waals surface area contributed by atoms with Gasteiger partial charge in [0.2, 0.25) is 0 Å². The maximum atomic E-state index is 12.9. The normalized spacial score (nSPS) is 13.0. The summed E-state index contributed by atoms with van der Waals surface area (Å²) in [4.78, 5) is 14.7. The molecule has 0 bridgehead atoms. The molecule has 136 valence electrons. The third-order valence-electron chi connectivity index (χ3n) is 4.61. The average Bonchev–Trinajstić information content (AvgIpc) is 2.74. The molecule has 2 heterocycles. The van der Waals surface area contributed by atoms with E-state index >= 15 is 0 Å². The van der Waals surface area contributed by atoms with Gasteiger partial charge in [-0.15, -0.1) is 10.2 Å². The summed E-state index contributed by atoms with van der Waals surface area (Å²) >= 11 is 0. The average molecular weight is 360 g/mol. The number of nitrogens with one attached hydrogen (secondary N) is 1. The van der Waals surface area contributed by atoms with Crippen molar-refractivity contribution in [1.29, 1.82) is 0 Å². The largest absolute Gasteiger partial charge is 0.495 e. The Hall–Kier alpha value is -3.41. The predicted molar refractivity (Wildman–Crippen MR) is 105 cm³/mol. The van der Waals surface area contributed by atoms with Gasteiger partial charge in [0.15, 0.2) is 11.5 Å². The van der Waals surface area contributed by atoms with Crippen molar-refractivity contribution in [3.8, 4) is 5.75 Å². The van der Waals surface area contributed by atoms with Crippen LogP contribution in [0.2, 0.25) is 0 Å². The SMILES string of the molecule is COc1ccccc1Nc1ccc(C(=O)N2CCCc3ccccc32)nn1. The topological polar surface area (TPSA) is 67.3 Å². The summed E-state index contributed by atoms with van der Waals surface area (Å²) in [6.45, 7) is 0.693. The Bertz CT molecular complexity index is 956. The number of hydrogen-bond acceptors (Lipinski definition) is 5. The molecule has 0 unspecified atom stereocenters. The van der Waals surface area contributed by atoms with Gasteiger partial charge in [-0.05, 0) is 48.7 Å². The van der Waals surface area contributed by atoms with Gasteiger partial charge in [-0.2, -0.15) is 0 Å². The van der Waals surface area contributed by atoms with Gasteiger partial charge in [0.05, 0.1) is 12.8 Å². The number of benzene rings is 2. The summed E-state index contributed by atoms with van der Waals surface area (Å²) < 4.78 is 5.32. The number of rotatable bonds is 4. The number of methoxy groups -OCH3 is 1. The molecule has 0 fully saturated rings. The monoisotopic (exact) mass is 360 g/mol. The van der Waals surface area contributed by atoms with Crippen LogP contribution in [0, 0.1) is 0 Å². The molecule has 0 saturated heterocycles. The minimum Gasteiger partial charge on any atom is -0.495 e. The summed E-state index contributed by atoms with van der Waals surface area (Å²) in [5.41, 5.74) is 3.28. The number of hydrogen-bond donors (Lipinski definition) is 1. The minimum absolute atomic E-state index is 0.126. The van der Waals surface area contributed by atoms with Crippen LogP contribution in [-0.4, -0.2) is 29.8 Å². The fourth-order valence-electron chi connectivity index (χ4n) is 3.28. The van der Waals surface area contributed by atoms with E-state index in [1.165, 1.54) is 5.56 Å². The van der Waals surface area contributed by atoms with Gasteiger partial charge in [0.25, 0.3) is 5.91 Å². The molecule has 0 atom stereocenters. The number of anilines is 3. The van der Waals surface area contributed by atoms with Crippen LogP contribution in [0.4, 0.5) is 17.2 Å². The Balaban J connectivity index is 1.54. The first kappa shape index (κ1) is 17.0. The molecule has 2 aromatic carbocycles. The Morgan fingerprint density at radius 1 is 1.04 bits per heavy atom. The highest BCUT2D eigenvalue weighted by Crippen LogP contribution is 2.28. The molecule has 0 aliphatic carbocycles. The first-order chi connectivity index (χ1) is 13.3. The Morgan fingerprint density at radius 2 is 1.85 bits per heavy atom. The number of para-hydroxylation sites is 3. The number of carbonyl (C=O) groups excluding carboxylic acids is 1. The minimum atomic E-state index is -0.126. The van der Waals surface area contributed by atoms with E-state index < -0.39 is 0 Å². The smallest absolute Gasteiger partial charge is 0.278 e. The van der Waals surface area contributed by atoms with Crippen LogP contribution in [0.15, 0.2) is 60.7 Å². The van der Waals surface area contributed by atoms with Crippen LogP contribution in [0.1, 0.15) is 22.5 Å². The molecule has 27 heavy (non-hydrogen) atoms. The molecule has 1 N–H and O–H groups in total. The Morgan fingerprint density at radius 3 is 2.67 bits per heavy atom. The van der Waals surface area contributed by atoms with Gasteiger partial charge in [-0.3, -0.25) is 4.79 Å². The van der Waals surface area contributed by atoms with E-state index in [0.29, 0.717) is 23.8 Å². The number of ether oxygens (including phenoxy) is 1.